The summed E-state index contributed by atoms with van der Waals surface area (Å²) in [5.74, 6) is 0. The van der Waals surface area contributed by atoms with E-state index < -0.39 is 0 Å². The highest BCUT2D eigenvalue weighted by Gasteiger charge is 2.04. The Kier molecular flexibility index (Phi) is 3.72. The molecule has 0 aliphatic heterocycles. The van der Waals surface area contributed by atoms with Crippen molar-refractivity contribution >= 4 is 10.9 Å². The van der Waals surface area contributed by atoms with Crippen LogP contribution in [0.25, 0.3) is 10.9 Å². The molecule has 0 saturated heterocycles. The van der Waals surface area contributed by atoms with Gasteiger partial charge in [0.15, 0.2) is 0 Å². The summed E-state index contributed by atoms with van der Waals surface area (Å²) in [5.41, 5.74) is 4.35. The van der Waals surface area contributed by atoms with Crippen molar-refractivity contribution in [3.63, 3.8) is 0 Å². The Morgan fingerprint density at radius 1 is 1.10 bits per heavy atom. The Bertz CT molecular complexity index is 809. The minimum Gasteiger partial charge on any atom is -0.343 e. The van der Waals surface area contributed by atoms with E-state index in [1.807, 2.05) is 25.2 Å². The van der Waals surface area contributed by atoms with Crippen LogP contribution in [0.1, 0.15) is 16.7 Å². The lowest BCUT2D eigenvalue weighted by Crippen LogP contribution is -2.05. The number of benzene rings is 2. The molecule has 3 rings (SSSR count). The second-order valence-corrected chi connectivity index (χ2v) is 5.18. The van der Waals surface area contributed by atoms with Gasteiger partial charge in [0.1, 0.15) is 0 Å². The lowest BCUT2D eigenvalue weighted by atomic mass is 10.1. The van der Waals surface area contributed by atoms with Gasteiger partial charge in [-0.15, -0.1) is 0 Å². The minimum absolute atomic E-state index is 0.708. The van der Waals surface area contributed by atoms with Crippen molar-refractivity contribution in [3.05, 3.63) is 71.4 Å². The minimum atomic E-state index is 0.708. The third-order valence-corrected chi connectivity index (χ3v) is 3.63. The number of nitriles is 1. The molecule has 0 bridgehead atoms. The maximum Gasteiger partial charge on any atom is 0.0991 e. The molecule has 0 aliphatic rings. The van der Waals surface area contributed by atoms with E-state index in [4.69, 9.17) is 5.26 Å². The predicted molar refractivity (Wildman–Crippen MR) is 85.0 cm³/mol. The smallest absolute Gasteiger partial charge is 0.0991 e. The molecule has 0 amide bonds. The van der Waals surface area contributed by atoms with E-state index in [2.05, 4.69) is 52.5 Å². The van der Waals surface area contributed by atoms with Crippen LogP contribution >= 0.6 is 0 Å². The number of fused-ring (bicyclic) bond motifs is 1. The molecule has 3 nitrogen and oxygen atoms in total. The third kappa shape index (κ3) is 2.81. The predicted octanol–water partition coefficient (Wildman–Crippen LogP) is 3.28. The quantitative estimate of drug-likeness (QED) is 0.794. The second-order valence-electron chi connectivity index (χ2n) is 5.18. The summed E-state index contributed by atoms with van der Waals surface area (Å²) >= 11 is 0. The van der Waals surface area contributed by atoms with Gasteiger partial charge in [0.25, 0.3) is 0 Å². The van der Waals surface area contributed by atoms with Gasteiger partial charge in [0, 0.05) is 24.8 Å². The molecule has 3 heteroatoms. The first-order chi connectivity index (χ1) is 10.3. The maximum absolute atomic E-state index is 8.99. The Hall–Kier alpha value is -2.57. The summed E-state index contributed by atoms with van der Waals surface area (Å²) in [6.07, 6.45) is 2.10. The molecule has 0 fully saturated rings. The Balaban J connectivity index is 1.96. The van der Waals surface area contributed by atoms with Crippen molar-refractivity contribution in [2.45, 2.75) is 13.1 Å². The molecule has 21 heavy (non-hydrogen) atoms. The Labute approximate surface area is 124 Å². The zero-order chi connectivity index (χ0) is 14.7. The lowest BCUT2D eigenvalue weighted by Gasteiger charge is -2.08. The van der Waals surface area contributed by atoms with Crippen LogP contribution < -0.4 is 5.32 Å². The Morgan fingerprint density at radius 2 is 2.00 bits per heavy atom. The van der Waals surface area contributed by atoms with Gasteiger partial charge in [-0.05, 0) is 47.8 Å². The van der Waals surface area contributed by atoms with Crippen LogP contribution in [0.3, 0.4) is 0 Å². The molecule has 0 radical (unpaired) electrons. The highest BCUT2D eigenvalue weighted by atomic mass is 14.9. The van der Waals surface area contributed by atoms with Gasteiger partial charge >= 0.3 is 0 Å². The molecule has 1 heterocycles. The van der Waals surface area contributed by atoms with Crippen molar-refractivity contribution in [1.29, 1.82) is 5.26 Å². The van der Waals surface area contributed by atoms with E-state index in [0.717, 1.165) is 18.7 Å². The lowest BCUT2D eigenvalue weighted by molar-refractivity contribution is 0.812. The summed E-state index contributed by atoms with van der Waals surface area (Å²) in [6.45, 7) is 1.65. The normalized spacial score (nSPS) is 10.7. The molecule has 2 aromatic carbocycles. The number of nitrogens with one attached hydrogen (secondary N) is 1. The average molecular weight is 275 g/mol. The van der Waals surface area contributed by atoms with E-state index in [-0.39, 0.29) is 0 Å². The van der Waals surface area contributed by atoms with Crippen molar-refractivity contribution in [1.82, 2.24) is 9.88 Å². The summed E-state index contributed by atoms with van der Waals surface area (Å²) in [7, 11) is 1.95. The van der Waals surface area contributed by atoms with E-state index in [1.165, 1.54) is 16.5 Å². The third-order valence-electron chi connectivity index (χ3n) is 3.63. The fourth-order valence-electron chi connectivity index (χ4n) is 2.62. The molecular weight excluding hydrogens is 258 g/mol. The molecule has 0 aliphatic carbocycles. The summed E-state index contributed by atoms with van der Waals surface area (Å²) in [6, 6.07) is 18.6. The number of aromatic nitrogens is 1. The Morgan fingerprint density at radius 3 is 2.81 bits per heavy atom. The number of nitrogens with zero attached hydrogens (tertiary/aromatic N) is 2. The second kappa shape index (κ2) is 5.82. The van der Waals surface area contributed by atoms with Crippen LogP contribution in [-0.2, 0) is 13.1 Å². The zero-order valence-electron chi connectivity index (χ0n) is 12.0. The fraction of sp³-hybridized carbons (Fsp3) is 0.167. The summed E-state index contributed by atoms with van der Waals surface area (Å²) < 4.78 is 2.23. The first-order valence-corrected chi connectivity index (χ1v) is 7.01. The molecule has 0 atom stereocenters. The molecule has 0 saturated carbocycles. The topological polar surface area (TPSA) is 40.8 Å². The maximum atomic E-state index is 8.99. The van der Waals surface area contributed by atoms with Gasteiger partial charge < -0.3 is 9.88 Å². The molecule has 3 aromatic rings. The summed E-state index contributed by atoms with van der Waals surface area (Å²) in [4.78, 5) is 0. The monoisotopic (exact) mass is 275 g/mol. The zero-order valence-corrected chi connectivity index (χ0v) is 12.0. The first kappa shape index (κ1) is 13.4. The van der Waals surface area contributed by atoms with Crippen LogP contribution in [0.4, 0.5) is 0 Å². The first-order valence-electron chi connectivity index (χ1n) is 7.01. The SMILES string of the molecule is CNCc1ccc2ccn(Cc3cccc(C#N)c3)c2c1. The van der Waals surface area contributed by atoms with Gasteiger partial charge in [-0.2, -0.15) is 5.26 Å². The van der Waals surface area contributed by atoms with Crippen molar-refractivity contribution in [3.8, 4) is 6.07 Å². The van der Waals surface area contributed by atoms with Crippen LogP contribution in [0.5, 0.6) is 0 Å². The molecular formula is C18H17N3. The van der Waals surface area contributed by atoms with Crippen molar-refractivity contribution in [2.24, 2.45) is 0 Å². The molecule has 0 unspecified atom stereocenters. The van der Waals surface area contributed by atoms with Gasteiger partial charge in [-0.3, -0.25) is 0 Å². The largest absolute Gasteiger partial charge is 0.343 e. The highest BCUT2D eigenvalue weighted by Crippen LogP contribution is 2.19. The van der Waals surface area contributed by atoms with Crippen LogP contribution in [0.2, 0.25) is 0 Å². The van der Waals surface area contributed by atoms with Gasteiger partial charge in [-0.25, -0.2) is 0 Å². The number of hydrogen-bond donors (Lipinski definition) is 1. The van der Waals surface area contributed by atoms with Crippen LogP contribution in [0.15, 0.2) is 54.7 Å². The number of hydrogen-bond acceptors (Lipinski definition) is 2. The van der Waals surface area contributed by atoms with Crippen LogP contribution in [0, 0.1) is 11.3 Å². The van der Waals surface area contributed by atoms with Gasteiger partial charge in [0.05, 0.1) is 11.6 Å². The molecule has 0 spiro atoms. The van der Waals surface area contributed by atoms with Gasteiger partial charge in [0.2, 0.25) is 0 Å². The standard InChI is InChI=1S/C18H17N3/c1-20-12-15-5-6-17-7-8-21(18(17)10-15)13-16-4-2-3-14(9-16)11-19/h2-10,20H,12-13H2,1H3. The van der Waals surface area contributed by atoms with Crippen LogP contribution in [-0.4, -0.2) is 11.6 Å². The van der Waals surface area contributed by atoms with E-state index in [1.54, 1.807) is 0 Å². The molecule has 1 aromatic heterocycles. The fourth-order valence-corrected chi connectivity index (χ4v) is 2.62. The van der Waals surface area contributed by atoms with Gasteiger partial charge in [-0.1, -0.05) is 24.3 Å². The van der Waals surface area contributed by atoms with E-state index >= 15 is 0 Å². The molecule has 1 N–H and O–H groups in total. The summed E-state index contributed by atoms with van der Waals surface area (Å²) in [5, 5.41) is 13.4. The molecule has 104 valence electrons. The number of rotatable bonds is 4. The van der Waals surface area contributed by atoms with Crippen molar-refractivity contribution < 1.29 is 0 Å². The van der Waals surface area contributed by atoms with E-state index in [9.17, 15) is 0 Å². The average Bonchev–Trinajstić information content (AvgIpc) is 2.90. The van der Waals surface area contributed by atoms with E-state index in [0.29, 0.717) is 5.56 Å². The van der Waals surface area contributed by atoms with Crippen molar-refractivity contribution in [2.75, 3.05) is 7.05 Å². The highest BCUT2D eigenvalue weighted by molar-refractivity contribution is 5.81.